The molecule has 144 valence electrons. The normalized spacial score (nSPS) is 10.5. The molecular weight excluding hydrogens is 358 g/mol. The van der Waals surface area contributed by atoms with Gasteiger partial charge in [0.2, 0.25) is 0 Å². The summed E-state index contributed by atoms with van der Waals surface area (Å²) in [5.74, 6) is -0.126. The van der Waals surface area contributed by atoms with Crippen LogP contribution in [0.2, 0.25) is 0 Å². The molecule has 0 aliphatic heterocycles. The van der Waals surface area contributed by atoms with E-state index in [2.05, 4.69) is 15.4 Å². The van der Waals surface area contributed by atoms with E-state index >= 15 is 0 Å². The summed E-state index contributed by atoms with van der Waals surface area (Å²) in [6, 6.07) is 15.9. The van der Waals surface area contributed by atoms with Crippen LogP contribution in [0.1, 0.15) is 15.9 Å². The number of anilines is 1. The number of nitrogens with one attached hydrogen (secondary N) is 2. The van der Waals surface area contributed by atoms with Crippen LogP contribution in [-0.4, -0.2) is 32.6 Å². The number of carbonyl (C=O) groups excluding carboxylic acids is 2. The van der Waals surface area contributed by atoms with Crippen molar-refractivity contribution in [3.63, 3.8) is 0 Å². The van der Waals surface area contributed by atoms with E-state index in [0.717, 1.165) is 11.3 Å². The van der Waals surface area contributed by atoms with Gasteiger partial charge in [0.25, 0.3) is 5.91 Å². The number of nitrogens with zero attached hydrogens (tertiary/aromatic N) is 1. The second-order valence-electron chi connectivity index (χ2n) is 5.74. The number of hydrogen-bond acceptors (Lipinski definition) is 6. The average molecular weight is 379 g/mol. The standard InChI is InChI=1S/C21H21N3O4/c1-27-19-9-3-15(4-10-19)11-12-23-20(25)17(13-22)14-24-18-7-5-16(6-8-18)21(26)28-2/h3-10,14,24H,11-12H2,1-2H3,(H,23,25)/b17-14-. The molecular formula is C21H21N3O4. The molecule has 2 aromatic rings. The molecule has 7 heteroatoms. The Hall–Kier alpha value is -3.79. The van der Waals surface area contributed by atoms with Crippen LogP contribution in [0.4, 0.5) is 5.69 Å². The highest BCUT2D eigenvalue weighted by Gasteiger charge is 2.09. The molecule has 0 spiro atoms. The number of esters is 1. The highest BCUT2D eigenvalue weighted by atomic mass is 16.5. The monoisotopic (exact) mass is 379 g/mol. The first kappa shape index (κ1) is 20.5. The van der Waals surface area contributed by atoms with Crippen molar-refractivity contribution >= 4 is 17.6 Å². The molecule has 0 saturated heterocycles. The molecule has 0 unspecified atom stereocenters. The number of hydrogen-bond donors (Lipinski definition) is 2. The first-order valence-corrected chi connectivity index (χ1v) is 8.53. The Morgan fingerprint density at radius 1 is 1.07 bits per heavy atom. The lowest BCUT2D eigenvalue weighted by Crippen LogP contribution is -2.27. The molecule has 2 rings (SSSR count). The molecule has 0 heterocycles. The maximum absolute atomic E-state index is 12.1. The molecule has 0 aromatic heterocycles. The van der Waals surface area contributed by atoms with E-state index in [9.17, 15) is 14.9 Å². The summed E-state index contributed by atoms with van der Waals surface area (Å²) in [7, 11) is 2.91. The summed E-state index contributed by atoms with van der Waals surface area (Å²) >= 11 is 0. The maximum atomic E-state index is 12.1. The predicted octanol–water partition coefficient (Wildman–Crippen LogP) is 2.66. The van der Waals surface area contributed by atoms with Crippen molar-refractivity contribution in [2.45, 2.75) is 6.42 Å². The zero-order valence-electron chi connectivity index (χ0n) is 15.7. The van der Waals surface area contributed by atoms with Gasteiger partial charge < -0.3 is 20.1 Å². The molecule has 1 amide bonds. The van der Waals surface area contributed by atoms with E-state index in [1.165, 1.54) is 13.3 Å². The zero-order valence-corrected chi connectivity index (χ0v) is 15.7. The lowest BCUT2D eigenvalue weighted by molar-refractivity contribution is -0.117. The van der Waals surface area contributed by atoms with Crippen molar-refractivity contribution in [1.82, 2.24) is 5.32 Å². The van der Waals surface area contributed by atoms with Gasteiger partial charge in [-0.1, -0.05) is 12.1 Å². The maximum Gasteiger partial charge on any atom is 0.337 e. The van der Waals surface area contributed by atoms with Crippen molar-refractivity contribution in [3.05, 3.63) is 71.4 Å². The molecule has 0 radical (unpaired) electrons. The Morgan fingerprint density at radius 2 is 1.75 bits per heavy atom. The van der Waals surface area contributed by atoms with Crippen molar-refractivity contribution in [2.24, 2.45) is 0 Å². The van der Waals surface area contributed by atoms with Crippen LogP contribution < -0.4 is 15.4 Å². The number of carbonyl (C=O) groups is 2. The van der Waals surface area contributed by atoms with Crippen molar-refractivity contribution < 1.29 is 19.1 Å². The molecule has 2 N–H and O–H groups in total. The summed E-state index contributed by atoms with van der Waals surface area (Å²) in [6.07, 6.45) is 1.97. The first-order chi connectivity index (χ1) is 13.6. The molecule has 0 bridgehead atoms. The second kappa shape index (κ2) is 10.4. The Balaban J connectivity index is 1.87. The Labute approximate surface area is 163 Å². The van der Waals surface area contributed by atoms with Crippen molar-refractivity contribution in [2.75, 3.05) is 26.1 Å². The third-order valence-electron chi connectivity index (χ3n) is 3.91. The van der Waals surface area contributed by atoms with Crippen LogP contribution in [0.5, 0.6) is 5.75 Å². The van der Waals surface area contributed by atoms with Gasteiger partial charge in [-0.15, -0.1) is 0 Å². The summed E-state index contributed by atoms with van der Waals surface area (Å²) < 4.78 is 9.73. The topological polar surface area (TPSA) is 100 Å². The molecule has 0 aliphatic rings. The van der Waals surface area contributed by atoms with Gasteiger partial charge in [-0.2, -0.15) is 5.26 Å². The summed E-state index contributed by atoms with van der Waals surface area (Å²) in [4.78, 5) is 23.5. The van der Waals surface area contributed by atoms with Crippen molar-refractivity contribution in [3.8, 4) is 11.8 Å². The molecule has 0 atom stereocenters. The van der Waals surface area contributed by atoms with E-state index in [0.29, 0.717) is 24.2 Å². The fourth-order valence-corrected chi connectivity index (χ4v) is 2.33. The number of nitriles is 1. The van der Waals surface area contributed by atoms with Crippen LogP contribution in [-0.2, 0) is 16.0 Å². The van der Waals surface area contributed by atoms with Gasteiger partial charge in [-0.3, -0.25) is 4.79 Å². The molecule has 7 nitrogen and oxygen atoms in total. The van der Waals surface area contributed by atoms with Gasteiger partial charge in [0.1, 0.15) is 17.4 Å². The third kappa shape index (κ3) is 5.88. The van der Waals surface area contributed by atoms with E-state index in [1.807, 2.05) is 30.3 Å². The largest absolute Gasteiger partial charge is 0.497 e. The molecule has 2 aromatic carbocycles. The Kier molecular flexibility index (Phi) is 7.61. The minimum absolute atomic E-state index is 0.0493. The Bertz CT molecular complexity index is 881. The summed E-state index contributed by atoms with van der Waals surface area (Å²) in [6.45, 7) is 0.401. The van der Waals surface area contributed by atoms with Crippen molar-refractivity contribution in [1.29, 1.82) is 5.26 Å². The van der Waals surface area contributed by atoms with Gasteiger partial charge >= 0.3 is 5.97 Å². The fraction of sp³-hybridized carbons (Fsp3) is 0.190. The average Bonchev–Trinajstić information content (AvgIpc) is 2.74. The molecule has 0 saturated carbocycles. The fourth-order valence-electron chi connectivity index (χ4n) is 2.33. The van der Waals surface area contributed by atoms with Crippen LogP contribution in [0.25, 0.3) is 0 Å². The second-order valence-corrected chi connectivity index (χ2v) is 5.74. The van der Waals surface area contributed by atoms with E-state index in [-0.39, 0.29) is 5.57 Å². The highest BCUT2D eigenvalue weighted by Crippen LogP contribution is 2.12. The minimum Gasteiger partial charge on any atom is -0.497 e. The molecule has 0 fully saturated rings. The van der Waals surface area contributed by atoms with Gasteiger partial charge in [-0.05, 0) is 48.4 Å². The van der Waals surface area contributed by atoms with E-state index < -0.39 is 11.9 Å². The van der Waals surface area contributed by atoms with Gasteiger partial charge in [0.15, 0.2) is 0 Å². The van der Waals surface area contributed by atoms with Crippen LogP contribution in [0.3, 0.4) is 0 Å². The smallest absolute Gasteiger partial charge is 0.337 e. The third-order valence-corrected chi connectivity index (χ3v) is 3.91. The van der Waals surface area contributed by atoms with E-state index in [1.54, 1.807) is 31.4 Å². The minimum atomic E-state index is -0.463. The SMILES string of the molecule is COC(=O)c1ccc(N/C=C(/C#N)C(=O)NCCc2ccc(OC)cc2)cc1. The first-order valence-electron chi connectivity index (χ1n) is 8.53. The number of amides is 1. The number of rotatable bonds is 8. The lowest BCUT2D eigenvalue weighted by atomic mass is 10.1. The zero-order chi connectivity index (χ0) is 20.4. The number of ether oxygens (including phenoxy) is 2. The Morgan fingerprint density at radius 3 is 2.32 bits per heavy atom. The van der Waals surface area contributed by atoms with Crippen LogP contribution >= 0.6 is 0 Å². The quantitative estimate of drug-likeness (QED) is 0.415. The van der Waals surface area contributed by atoms with E-state index in [4.69, 9.17) is 4.74 Å². The molecule has 0 aliphatic carbocycles. The van der Waals surface area contributed by atoms with Gasteiger partial charge in [0.05, 0.1) is 19.8 Å². The highest BCUT2D eigenvalue weighted by molar-refractivity contribution is 5.97. The van der Waals surface area contributed by atoms with Gasteiger partial charge in [-0.25, -0.2) is 4.79 Å². The predicted molar refractivity (Wildman–Crippen MR) is 105 cm³/mol. The number of benzene rings is 2. The lowest BCUT2D eigenvalue weighted by Gasteiger charge is -2.07. The summed E-state index contributed by atoms with van der Waals surface area (Å²) in [5.41, 5.74) is 2.04. The van der Waals surface area contributed by atoms with Crippen LogP contribution in [0.15, 0.2) is 60.3 Å². The van der Waals surface area contributed by atoms with Gasteiger partial charge in [0, 0.05) is 18.4 Å². The van der Waals surface area contributed by atoms with Crippen LogP contribution in [0, 0.1) is 11.3 Å². The number of methoxy groups -OCH3 is 2. The summed E-state index contributed by atoms with van der Waals surface area (Å²) in [5, 5.41) is 14.8. The molecule has 28 heavy (non-hydrogen) atoms.